The second-order valence-electron chi connectivity index (χ2n) is 5.25. The lowest BCUT2D eigenvalue weighted by Crippen LogP contribution is -2.18. The highest BCUT2D eigenvalue weighted by atomic mass is 16.6. The fraction of sp³-hybridized carbons (Fsp3) is 0.263. The lowest BCUT2D eigenvalue weighted by Gasteiger charge is -2.10. The molecule has 4 nitrogen and oxygen atoms in total. The molecular formula is C19H19NO3. The summed E-state index contributed by atoms with van der Waals surface area (Å²) < 4.78 is 10.6. The number of esters is 1. The van der Waals surface area contributed by atoms with Gasteiger partial charge in [-0.2, -0.15) is 5.26 Å². The molecule has 2 aromatic carbocycles. The molecule has 0 radical (unpaired) electrons. The Morgan fingerprint density at radius 3 is 2.52 bits per heavy atom. The first-order valence-corrected chi connectivity index (χ1v) is 7.56. The van der Waals surface area contributed by atoms with Crippen molar-refractivity contribution in [2.24, 2.45) is 0 Å². The first-order chi connectivity index (χ1) is 11.1. The van der Waals surface area contributed by atoms with E-state index in [-0.39, 0.29) is 6.61 Å². The molecule has 4 heteroatoms. The molecule has 118 valence electrons. The molecule has 0 heterocycles. The molecule has 1 atom stereocenters. The van der Waals surface area contributed by atoms with Gasteiger partial charge in [0, 0.05) is 0 Å². The van der Waals surface area contributed by atoms with Gasteiger partial charge in [0.25, 0.3) is 0 Å². The molecule has 0 aliphatic carbocycles. The Hall–Kier alpha value is -2.80. The molecule has 0 saturated heterocycles. The Kier molecular flexibility index (Phi) is 5.76. The van der Waals surface area contributed by atoms with Gasteiger partial charge in [0.15, 0.2) is 6.61 Å². The normalized spacial score (nSPS) is 11.3. The third-order valence-corrected chi connectivity index (χ3v) is 3.65. The van der Waals surface area contributed by atoms with Crippen molar-refractivity contribution in [3.8, 4) is 17.6 Å². The molecule has 0 N–H and O–H groups in total. The van der Waals surface area contributed by atoms with Crippen LogP contribution in [0.4, 0.5) is 0 Å². The second-order valence-corrected chi connectivity index (χ2v) is 5.25. The fourth-order valence-corrected chi connectivity index (χ4v) is 2.08. The topological polar surface area (TPSA) is 59.3 Å². The van der Waals surface area contributed by atoms with E-state index in [0.29, 0.717) is 23.0 Å². The predicted octanol–water partition coefficient (Wildman–Crippen LogP) is 4.06. The predicted molar refractivity (Wildman–Crippen MR) is 87.4 cm³/mol. The molecule has 0 aliphatic heterocycles. The van der Waals surface area contributed by atoms with Crippen molar-refractivity contribution in [3.05, 3.63) is 59.7 Å². The van der Waals surface area contributed by atoms with Gasteiger partial charge in [0.2, 0.25) is 0 Å². The lowest BCUT2D eigenvalue weighted by atomic mass is 9.99. The van der Waals surface area contributed by atoms with Crippen molar-refractivity contribution in [1.82, 2.24) is 0 Å². The van der Waals surface area contributed by atoms with Gasteiger partial charge in [0.05, 0.1) is 5.56 Å². The summed E-state index contributed by atoms with van der Waals surface area (Å²) in [5.41, 5.74) is 1.60. The Balaban J connectivity index is 1.91. The average molecular weight is 309 g/mol. The third kappa shape index (κ3) is 4.58. The number of hydrogen-bond acceptors (Lipinski definition) is 4. The summed E-state index contributed by atoms with van der Waals surface area (Å²) in [6.07, 6.45) is 1.06. The van der Waals surface area contributed by atoms with Crippen molar-refractivity contribution in [2.75, 3.05) is 6.61 Å². The Morgan fingerprint density at radius 2 is 1.87 bits per heavy atom. The monoisotopic (exact) mass is 309 g/mol. The molecule has 0 spiro atoms. The first-order valence-electron chi connectivity index (χ1n) is 7.56. The summed E-state index contributed by atoms with van der Waals surface area (Å²) in [6, 6.07) is 16.3. The molecule has 2 rings (SSSR count). The number of carbonyl (C=O) groups is 1. The molecule has 2 aromatic rings. The highest BCUT2D eigenvalue weighted by Crippen LogP contribution is 2.22. The van der Waals surface area contributed by atoms with E-state index in [4.69, 9.17) is 14.7 Å². The number of para-hydroxylation sites is 1. The average Bonchev–Trinajstić information content (AvgIpc) is 2.60. The molecule has 0 aromatic heterocycles. The summed E-state index contributed by atoms with van der Waals surface area (Å²) in [6.45, 7) is 4.04. The highest BCUT2D eigenvalue weighted by Gasteiger charge is 2.09. The molecular weight excluding hydrogens is 290 g/mol. The van der Waals surface area contributed by atoms with Gasteiger partial charge in [-0.25, -0.2) is 4.79 Å². The molecule has 0 aliphatic rings. The van der Waals surface area contributed by atoms with E-state index in [9.17, 15) is 4.79 Å². The molecule has 23 heavy (non-hydrogen) atoms. The van der Waals surface area contributed by atoms with Crippen molar-refractivity contribution >= 4 is 5.97 Å². The standard InChI is InChI=1S/C19H19NO3/c1-3-14(2)15-8-10-17(11-9-15)23-19(21)13-22-18-7-5-4-6-16(18)12-20/h4-11,14H,3,13H2,1-2H3/t14-/m0/s1. The minimum absolute atomic E-state index is 0.244. The first kappa shape index (κ1) is 16.6. The van der Waals surface area contributed by atoms with E-state index in [1.807, 2.05) is 18.2 Å². The summed E-state index contributed by atoms with van der Waals surface area (Å²) in [4.78, 5) is 11.8. The summed E-state index contributed by atoms with van der Waals surface area (Å²) in [7, 11) is 0. The summed E-state index contributed by atoms with van der Waals surface area (Å²) in [5.74, 6) is 0.831. The zero-order valence-electron chi connectivity index (χ0n) is 13.3. The van der Waals surface area contributed by atoms with Crippen molar-refractivity contribution in [1.29, 1.82) is 5.26 Å². The van der Waals surface area contributed by atoms with Crippen molar-refractivity contribution < 1.29 is 14.3 Å². The maximum atomic E-state index is 11.8. The fourth-order valence-electron chi connectivity index (χ4n) is 2.08. The molecule has 0 amide bonds. The van der Waals surface area contributed by atoms with E-state index in [2.05, 4.69) is 13.8 Å². The Morgan fingerprint density at radius 1 is 1.17 bits per heavy atom. The number of nitriles is 1. The number of nitrogens with zero attached hydrogens (tertiary/aromatic N) is 1. The van der Waals surface area contributed by atoms with Gasteiger partial charge in [-0.1, -0.05) is 38.1 Å². The van der Waals surface area contributed by atoms with Crippen molar-refractivity contribution in [3.63, 3.8) is 0 Å². The van der Waals surface area contributed by atoms with Crippen LogP contribution in [0, 0.1) is 11.3 Å². The van der Waals surface area contributed by atoms with Crippen LogP contribution in [0.2, 0.25) is 0 Å². The van der Waals surface area contributed by atoms with E-state index in [1.165, 1.54) is 5.56 Å². The number of carbonyl (C=O) groups excluding carboxylic acids is 1. The van der Waals surface area contributed by atoms with Crippen LogP contribution in [0.3, 0.4) is 0 Å². The largest absolute Gasteiger partial charge is 0.481 e. The summed E-state index contributed by atoms with van der Waals surface area (Å²) in [5, 5.41) is 8.96. The lowest BCUT2D eigenvalue weighted by molar-refractivity contribution is -0.136. The minimum Gasteiger partial charge on any atom is -0.481 e. The zero-order chi connectivity index (χ0) is 16.7. The molecule has 0 unspecified atom stereocenters. The van der Waals surface area contributed by atoms with Crippen LogP contribution in [0.5, 0.6) is 11.5 Å². The maximum absolute atomic E-state index is 11.8. The number of ether oxygens (including phenoxy) is 2. The van der Waals surface area contributed by atoms with Crippen molar-refractivity contribution in [2.45, 2.75) is 26.2 Å². The van der Waals surface area contributed by atoms with Gasteiger partial charge < -0.3 is 9.47 Å². The van der Waals surface area contributed by atoms with Gasteiger partial charge >= 0.3 is 5.97 Å². The number of benzene rings is 2. The quantitative estimate of drug-likeness (QED) is 0.596. The Bertz CT molecular complexity index is 701. The highest BCUT2D eigenvalue weighted by molar-refractivity contribution is 5.74. The zero-order valence-corrected chi connectivity index (χ0v) is 13.3. The molecule has 0 fully saturated rings. The van der Waals surface area contributed by atoms with Crippen LogP contribution >= 0.6 is 0 Å². The van der Waals surface area contributed by atoms with Crippen LogP contribution in [0.1, 0.15) is 37.3 Å². The van der Waals surface area contributed by atoms with Crippen LogP contribution in [0.15, 0.2) is 48.5 Å². The smallest absolute Gasteiger partial charge is 0.349 e. The van der Waals surface area contributed by atoms with Crippen LogP contribution in [-0.2, 0) is 4.79 Å². The number of rotatable bonds is 6. The Labute approximate surface area is 136 Å². The van der Waals surface area contributed by atoms with E-state index in [0.717, 1.165) is 6.42 Å². The van der Waals surface area contributed by atoms with E-state index in [1.54, 1.807) is 36.4 Å². The maximum Gasteiger partial charge on any atom is 0.349 e. The summed E-state index contributed by atoms with van der Waals surface area (Å²) >= 11 is 0. The molecule has 0 saturated carbocycles. The van der Waals surface area contributed by atoms with Gasteiger partial charge in [-0.15, -0.1) is 0 Å². The number of hydrogen-bond donors (Lipinski definition) is 0. The van der Waals surface area contributed by atoms with Crippen LogP contribution in [0.25, 0.3) is 0 Å². The van der Waals surface area contributed by atoms with Crippen LogP contribution in [-0.4, -0.2) is 12.6 Å². The van der Waals surface area contributed by atoms with Gasteiger partial charge in [-0.05, 0) is 42.2 Å². The molecule has 0 bridgehead atoms. The van der Waals surface area contributed by atoms with E-state index >= 15 is 0 Å². The van der Waals surface area contributed by atoms with E-state index < -0.39 is 5.97 Å². The second kappa shape index (κ2) is 8.00. The van der Waals surface area contributed by atoms with Gasteiger partial charge in [0.1, 0.15) is 17.6 Å². The van der Waals surface area contributed by atoms with Crippen LogP contribution < -0.4 is 9.47 Å². The SMILES string of the molecule is CC[C@H](C)c1ccc(OC(=O)COc2ccccc2C#N)cc1. The minimum atomic E-state index is -0.506. The van der Waals surface area contributed by atoms with Gasteiger partial charge in [-0.3, -0.25) is 0 Å². The third-order valence-electron chi connectivity index (χ3n) is 3.65.